The summed E-state index contributed by atoms with van der Waals surface area (Å²) in [6, 6.07) is 5.22. The number of hydrogen-bond donors (Lipinski definition) is 2. The van der Waals surface area contributed by atoms with E-state index >= 15 is 4.39 Å². The maximum absolute atomic E-state index is 15.1. The number of nitrogens with zero attached hydrogens (tertiary/aromatic N) is 4. The molecule has 2 heterocycles. The highest BCUT2D eigenvalue weighted by molar-refractivity contribution is 5.92. The first-order chi connectivity index (χ1) is 17.5. The fourth-order valence-electron chi connectivity index (χ4n) is 4.19. The largest absolute Gasteiger partial charge is 0.493 e. The number of nitrogens with two attached hydrogens (primary N) is 2. The third-order valence-electron chi connectivity index (χ3n) is 6.27. The van der Waals surface area contributed by atoms with Gasteiger partial charge < -0.3 is 30.7 Å². The van der Waals surface area contributed by atoms with Gasteiger partial charge in [-0.1, -0.05) is 12.1 Å². The number of aromatic nitrogens is 2. The molecule has 3 aromatic rings. The smallest absolute Gasteiger partial charge is 0.416 e. The molecule has 14 heteroatoms. The van der Waals surface area contributed by atoms with Crippen LogP contribution in [0.25, 0.3) is 10.9 Å². The molecule has 2 aromatic carbocycles. The van der Waals surface area contributed by atoms with E-state index in [9.17, 15) is 18.0 Å². The predicted octanol–water partition coefficient (Wildman–Crippen LogP) is 3.55. The number of carbonyl (C=O) groups is 1. The molecule has 1 aromatic heterocycles. The van der Waals surface area contributed by atoms with Crippen molar-refractivity contribution in [2.24, 2.45) is 5.73 Å². The number of piperazine rings is 1. The monoisotopic (exact) mass is 558 g/mol. The number of anilines is 2. The number of alkyl halides is 3. The second-order valence-corrected chi connectivity index (χ2v) is 8.53. The van der Waals surface area contributed by atoms with Crippen LogP contribution in [0.5, 0.6) is 11.5 Å². The van der Waals surface area contributed by atoms with E-state index in [1.54, 1.807) is 9.80 Å². The van der Waals surface area contributed by atoms with Crippen molar-refractivity contribution in [1.29, 1.82) is 0 Å². The molecule has 0 unspecified atom stereocenters. The third-order valence-corrected chi connectivity index (χ3v) is 6.27. The molecule has 0 radical (unpaired) electrons. The van der Waals surface area contributed by atoms with Crippen LogP contribution >= 0.6 is 12.4 Å². The van der Waals surface area contributed by atoms with Crippen LogP contribution in [-0.4, -0.2) is 61.2 Å². The molecule has 1 saturated heterocycles. The number of halogens is 5. The summed E-state index contributed by atoms with van der Waals surface area (Å²) in [6.07, 6.45) is -4.50. The summed E-state index contributed by atoms with van der Waals surface area (Å²) >= 11 is 0. The number of amides is 1. The van der Waals surface area contributed by atoms with E-state index in [2.05, 4.69) is 9.97 Å². The number of fused-ring (bicyclic) bond motifs is 1. The topological polar surface area (TPSA) is 120 Å². The highest BCUT2D eigenvalue weighted by Gasteiger charge is 2.31. The second-order valence-electron chi connectivity index (χ2n) is 8.53. The van der Waals surface area contributed by atoms with Gasteiger partial charge >= 0.3 is 6.18 Å². The first kappa shape index (κ1) is 29.0. The van der Waals surface area contributed by atoms with Crippen molar-refractivity contribution in [3.63, 3.8) is 0 Å². The number of benzene rings is 2. The summed E-state index contributed by atoms with van der Waals surface area (Å²) in [5, 5.41) is 0.282. The summed E-state index contributed by atoms with van der Waals surface area (Å²) in [5.74, 6) is -0.603. The molecule has 0 aliphatic carbocycles. The first-order valence-electron chi connectivity index (χ1n) is 11.4. The van der Waals surface area contributed by atoms with E-state index in [1.165, 1.54) is 32.4 Å². The van der Waals surface area contributed by atoms with Crippen LogP contribution in [0.2, 0.25) is 0 Å². The van der Waals surface area contributed by atoms with E-state index in [-0.39, 0.29) is 58.9 Å². The SMILES string of the molecule is COc1cc2c(N)nc(N3CCN(C(=O)C[C@@H](N)c4ccc(C(F)(F)F)cc4)CC3)nc2c(F)c1OC.Cl. The summed E-state index contributed by atoms with van der Waals surface area (Å²) in [5.41, 5.74) is 11.8. The van der Waals surface area contributed by atoms with Gasteiger partial charge in [0, 0.05) is 44.0 Å². The molecule has 1 aliphatic rings. The van der Waals surface area contributed by atoms with Crippen molar-refractivity contribution in [2.45, 2.75) is 18.6 Å². The molecule has 1 aliphatic heterocycles. The van der Waals surface area contributed by atoms with Crippen molar-refractivity contribution in [1.82, 2.24) is 14.9 Å². The van der Waals surface area contributed by atoms with Gasteiger partial charge in [0.1, 0.15) is 11.3 Å². The molecule has 0 spiro atoms. The first-order valence-corrected chi connectivity index (χ1v) is 11.4. The average molecular weight is 559 g/mol. The second kappa shape index (κ2) is 11.4. The summed E-state index contributed by atoms with van der Waals surface area (Å²) < 4.78 is 63.6. The van der Waals surface area contributed by atoms with Crippen LogP contribution in [-0.2, 0) is 11.0 Å². The van der Waals surface area contributed by atoms with Gasteiger partial charge in [0.05, 0.1) is 19.8 Å². The molecule has 206 valence electrons. The van der Waals surface area contributed by atoms with Crippen LogP contribution in [0, 0.1) is 5.82 Å². The molecule has 0 saturated carbocycles. The molecule has 4 rings (SSSR count). The Labute approximate surface area is 222 Å². The van der Waals surface area contributed by atoms with E-state index < -0.39 is 23.6 Å². The Hall–Kier alpha value is -3.58. The third kappa shape index (κ3) is 5.78. The van der Waals surface area contributed by atoms with Crippen molar-refractivity contribution in [3.8, 4) is 11.5 Å². The van der Waals surface area contributed by atoms with Crippen LogP contribution in [0.15, 0.2) is 30.3 Å². The lowest BCUT2D eigenvalue weighted by molar-refractivity contribution is -0.137. The Bertz CT molecular complexity index is 1300. The zero-order chi connectivity index (χ0) is 26.9. The Morgan fingerprint density at radius 3 is 2.26 bits per heavy atom. The lowest BCUT2D eigenvalue weighted by Gasteiger charge is -2.35. The molecule has 0 bridgehead atoms. The standard InChI is InChI=1S/C24H26F4N6O3.ClH/c1-36-17-11-15-20(19(25)21(17)37-2)31-23(32-22(15)30)34-9-7-33(8-10-34)18(35)12-16(29)13-3-5-14(6-4-13)24(26,27)28;/h3-6,11,16H,7-10,12,29H2,1-2H3,(H2,30,31,32);1H/t16-;/m1./s1. The quantitative estimate of drug-likeness (QED) is 0.441. The number of hydrogen-bond acceptors (Lipinski definition) is 8. The van der Waals surface area contributed by atoms with Gasteiger partial charge in [0.25, 0.3) is 0 Å². The van der Waals surface area contributed by atoms with E-state index in [4.69, 9.17) is 20.9 Å². The van der Waals surface area contributed by atoms with Gasteiger partial charge in [0.2, 0.25) is 11.9 Å². The molecular weight excluding hydrogens is 532 g/mol. The number of nitrogen functional groups attached to an aromatic ring is 1. The zero-order valence-corrected chi connectivity index (χ0v) is 21.4. The molecule has 1 amide bonds. The Balaban J connectivity index is 0.00000400. The van der Waals surface area contributed by atoms with Gasteiger partial charge in [-0.2, -0.15) is 18.2 Å². The van der Waals surface area contributed by atoms with Gasteiger partial charge in [-0.3, -0.25) is 4.79 Å². The summed E-state index contributed by atoms with van der Waals surface area (Å²) in [4.78, 5) is 24.8. The van der Waals surface area contributed by atoms with Crippen molar-refractivity contribution >= 4 is 41.0 Å². The van der Waals surface area contributed by atoms with Crippen LogP contribution < -0.4 is 25.8 Å². The summed E-state index contributed by atoms with van der Waals surface area (Å²) in [7, 11) is 2.70. The van der Waals surface area contributed by atoms with E-state index in [1.807, 2.05) is 0 Å². The van der Waals surface area contributed by atoms with Gasteiger partial charge in [-0.25, -0.2) is 9.37 Å². The molecule has 4 N–H and O–H groups in total. The van der Waals surface area contributed by atoms with Gasteiger partial charge in [0.15, 0.2) is 17.3 Å². The molecule has 38 heavy (non-hydrogen) atoms. The minimum absolute atomic E-state index is 0. The highest BCUT2D eigenvalue weighted by atomic mass is 35.5. The lowest BCUT2D eigenvalue weighted by Crippen LogP contribution is -2.49. The van der Waals surface area contributed by atoms with E-state index in [0.29, 0.717) is 31.7 Å². The average Bonchev–Trinajstić information content (AvgIpc) is 2.88. The maximum Gasteiger partial charge on any atom is 0.416 e. The highest BCUT2D eigenvalue weighted by Crippen LogP contribution is 2.37. The number of rotatable bonds is 6. The van der Waals surface area contributed by atoms with Crippen LogP contribution in [0.1, 0.15) is 23.6 Å². The molecular formula is C24H27ClF4N6O3. The number of methoxy groups -OCH3 is 2. The minimum atomic E-state index is -4.44. The molecule has 1 atom stereocenters. The fraction of sp³-hybridized carbons (Fsp3) is 0.375. The van der Waals surface area contributed by atoms with Crippen LogP contribution in [0.4, 0.5) is 29.3 Å². The Kier molecular flexibility index (Phi) is 8.72. The number of ether oxygens (including phenoxy) is 2. The molecule has 9 nitrogen and oxygen atoms in total. The normalized spacial score (nSPS) is 14.7. The minimum Gasteiger partial charge on any atom is -0.493 e. The zero-order valence-electron chi connectivity index (χ0n) is 20.6. The van der Waals surface area contributed by atoms with Crippen LogP contribution in [0.3, 0.4) is 0 Å². The predicted molar refractivity (Wildman–Crippen MR) is 136 cm³/mol. The Morgan fingerprint density at radius 2 is 1.71 bits per heavy atom. The van der Waals surface area contributed by atoms with Crippen molar-refractivity contribution in [3.05, 3.63) is 47.3 Å². The van der Waals surface area contributed by atoms with Crippen molar-refractivity contribution in [2.75, 3.05) is 51.0 Å². The van der Waals surface area contributed by atoms with E-state index in [0.717, 1.165) is 12.1 Å². The Morgan fingerprint density at radius 1 is 1.08 bits per heavy atom. The van der Waals surface area contributed by atoms with Gasteiger partial charge in [-0.05, 0) is 23.8 Å². The summed E-state index contributed by atoms with van der Waals surface area (Å²) in [6.45, 7) is 1.38. The number of carbonyl (C=O) groups excluding carboxylic acids is 1. The maximum atomic E-state index is 15.1. The molecule has 1 fully saturated rings. The fourth-order valence-corrected chi connectivity index (χ4v) is 4.19. The lowest BCUT2D eigenvalue weighted by atomic mass is 10.0. The van der Waals surface area contributed by atoms with Crippen molar-refractivity contribution < 1.29 is 31.8 Å². The van der Waals surface area contributed by atoms with Gasteiger partial charge in [-0.15, -0.1) is 12.4 Å².